The van der Waals surface area contributed by atoms with Crippen LogP contribution in [0, 0.1) is 0 Å². The predicted octanol–water partition coefficient (Wildman–Crippen LogP) is 0.0639. The molecule has 0 aliphatic rings. The SMILES string of the molecule is C=CCS(=O)(=O)C(C)C(=O)N(C)C. The van der Waals surface area contributed by atoms with Gasteiger partial charge in [0.2, 0.25) is 5.91 Å². The number of hydrogen-bond acceptors (Lipinski definition) is 3. The van der Waals surface area contributed by atoms with E-state index in [1.54, 1.807) is 0 Å². The molecular formula is C8H15NO3S. The van der Waals surface area contributed by atoms with E-state index < -0.39 is 21.0 Å². The van der Waals surface area contributed by atoms with Gasteiger partial charge in [0, 0.05) is 14.1 Å². The van der Waals surface area contributed by atoms with Crippen LogP contribution in [0.5, 0.6) is 0 Å². The molecule has 0 aromatic rings. The number of sulfone groups is 1. The van der Waals surface area contributed by atoms with Gasteiger partial charge in [-0.2, -0.15) is 0 Å². The van der Waals surface area contributed by atoms with Gasteiger partial charge in [-0.05, 0) is 6.92 Å². The van der Waals surface area contributed by atoms with Gasteiger partial charge in [-0.25, -0.2) is 8.42 Å². The Bertz CT molecular complexity index is 293. The van der Waals surface area contributed by atoms with Crippen LogP contribution in [0.4, 0.5) is 0 Å². The number of nitrogens with zero attached hydrogens (tertiary/aromatic N) is 1. The summed E-state index contributed by atoms with van der Waals surface area (Å²) in [7, 11) is -0.304. The zero-order chi connectivity index (χ0) is 10.6. The van der Waals surface area contributed by atoms with Crippen LogP contribution in [-0.2, 0) is 14.6 Å². The lowest BCUT2D eigenvalue weighted by Gasteiger charge is -2.16. The molecular weight excluding hydrogens is 190 g/mol. The van der Waals surface area contributed by atoms with Crippen LogP contribution < -0.4 is 0 Å². The van der Waals surface area contributed by atoms with E-state index in [0.29, 0.717) is 0 Å². The van der Waals surface area contributed by atoms with Crippen LogP contribution in [0.3, 0.4) is 0 Å². The largest absolute Gasteiger partial charge is 0.348 e. The number of carbonyl (C=O) groups excluding carboxylic acids is 1. The molecule has 0 fully saturated rings. The average Bonchev–Trinajstić information content (AvgIpc) is 2.01. The van der Waals surface area contributed by atoms with E-state index in [1.165, 1.54) is 32.0 Å². The van der Waals surface area contributed by atoms with E-state index in [-0.39, 0.29) is 5.75 Å². The van der Waals surface area contributed by atoms with E-state index in [2.05, 4.69) is 6.58 Å². The first kappa shape index (κ1) is 12.2. The molecule has 0 bridgehead atoms. The van der Waals surface area contributed by atoms with Crippen molar-refractivity contribution < 1.29 is 13.2 Å². The molecule has 4 nitrogen and oxygen atoms in total. The van der Waals surface area contributed by atoms with Crippen molar-refractivity contribution in [3.63, 3.8) is 0 Å². The van der Waals surface area contributed by atoms with E-state index >= 15 is 0 Å². The highest BCUT2D eigenvalue weighted by Gasteiger charge is 2.27. The molecule has 0 saturated carbocycles. The summed E-state index contributed by atoms with van der Waals surface area (Å²) in [5.41, 5.74) is 0. The van der Waals surface area contributed by atoms with Crippen LogP contribution in [-0.4, -0.2) is 44.3 Å². The molecule has 0 aromatic carbocycles. The van der Waals surface area contributed by atoms with Gasteiger partial charge in [-0.1, -0.05) is 6.08 Å². The van der Waals surface area contributed by atoms with Crippen LogP contribution in [0.2, 0.25) is 0 Å². The van der Waals surface area contributed by atoms with E-state index in [0.717, 1.165) is 0 Å². The molecule has 0 aliphatic heterocycles. The van der Waals surface area contributed by atoms with E-state index in [1.807, 2.05) is 0 Å². The van der Waals surface area contributed by atoms with Gasteiger partial charge in [0.05, 0.1) is 5.75 Å². The smallest absolute Gasteiger partial charge is 0.240 e. The third-order valence-corrected chi connectivity index (χ3v) is 3.66. The van der Waals surface area contributed by atoms with Crippen molar-refractivity contribution >= 4 is 15.7 Å². The van der Waals surface area contributed by atoms with Crippen molar-refractivity contribution in [2.45, 2.75) is 12.2 Å². The lowest BCUT2D eigenvalue weighted by Crippen LogP contribution is -2.37. The number of rotatable bonds is 4. The molecule has 0 spiro atoms. The standard InChI is InChI=1S/C8H15NO3S/c1-5-6-13(11,12)7(2)8(10)9(3)4/h5,7H,1,6H2,2-4H3. The topological polar surface area (TPSA) is 54.5 Å². The quantitative estimate of drug-likeness (QED) is 0.610. The zero-order valence-electron chi connectivity index (χ0n) is 8.15. The average molecular weight is 205 g/mol. The highest BCUT2D eigenvalue weighted by Crippen LogP contribution is 2.04. The second kappa shape index (κ2) is 4.41. The minimum absolute atomic E-state index is 0.159. The Balaban J connectivity index is 4.69. The van der Waals surface area contributed by atoms with Gasteiger partial charge in [0.25, 0.3) is 0 Å². The van der Waals surface area contributed by atoms with Gasteiger partial charge < -0.3 is 4.90 Å². The maximum Gasteiger partial charge on any atom is 0.240 e. The normalized spacial score (nSPS) is 13.5. The number of carbonyl (C=O) groups is 1. The molecule has 0 saturated heterocycles. The van der Waals surface area contributed by atoms with Crippen LogP contribution in [0.15, 0.2) is 12.7 Å². The summed E-state index contributed by atoms with van der Waals surface area (Å²) >= 11 is 0. The highest BCUT2D eigenvalue weighted by molar-refractivity contribution is 7.92. The maximum atomic E-state index is 11.4. The fraction of sp³-hybridized carbons (Fsp3) is 0.625. The molecule has 0 heterocycles. The minimum Gasteiger partial charge on any atom is -0.348 e. The van der Waals surface area contributed by atoms with E-state index in [9.17, 15) is 13.2 Å². The molecule has 0 N–H and O–H groups in total. The summed E-state index contributed by atoms with van der Waals surface area (Å²) < 4.78 is 22.7. The van der Waals surface area contributed by atoms with Gasteiger partial charge in [0.1, 0.15) is 5.25 Å². The first-order valence-electron chi connectivity index (χ1n) is 3.86. The summed E-state index contributed by atoms with van der Waals surface area (Å²) in [6.07, 6.45) is 1.29. The fourth-order valence-corrected chi connectivity index (χ4v) is 1.96. The maximum absolute atomic E-state index is 11.4. The van der Waals surface area contributed by atoms with Crippen LogP contribution in [0.25, 0.3) is 0 Å². The van der Waals surface area contributed by atoms with Crippen molar-refractivity contribution in [3.05, 3.63) is 12.7 Å². The molecule has 0 rings (SSSR count). The lowest BCUT2D eigenvalue weighted by atomic mass is 10.4. The van der Waals surface area contributed by atoms with Crippen LogP contribution >= 0.6 is 0 Å². The second-order valence-electron chi connectivity index (χ2n) is 2.99. The first-order chi connectivity index (χ1) is 5.83. The Kier molecular flexibility index (Phi) is 4.13. The Morgan fingerprint density at radius 3 is 2.31 bits per heavy atom. The zero-order valence-corrected chi connectivity index (χ0v) is 8.97. The third-order valence-electron chi connectivity index (χ3n) is 1.68. The molecule has 0 aliphatic carbocycles. The van der Waals surface area contributed by atoms with Crippen molar-refractivity contribution in [1.82, 2.24) is 4.90 Å². The monoisotopic (exact) mass is 205 g/mol. The molecule has 1 unspecified atom stereocenters. The van der Waals surface area contributed by atoms with Crippen molar-refractivity contribution in [3.8, 4) is 0 Å². The summed E-state index contributed by atoms with van der Waals surface area (Å²) in [5, 5.41) is -0.986. The molecule has 0 aromatic heterocycles. The molecule has 0 radical (unpaired) electrons. The van der Waals surface area contributed by atoms with Crippen molar-refractivity contribution in [2.24, 2.45) is 0 Å². The fourth-order valence-electron chi connectivity index (χ4n) is 0.826. The van der Waals surface area contributed by atoms with Crippen molar-refractivity contribution in [1.29, 1.82) is 0 Å². The first-order valence-corrected chi connectivity index (χ1v) is 5.58. The van der Waals surface area contributed by atoms with Crippen LogP contribution in [0.1, 0.15) is 6.92 Å². The predicted molar refractivity (Wildman–Crippen MR) is 52.1 cm³/mol. The van der Waals surface area contributed by atoms with Crippen molar-refractivity contribution in [2.75, 3.05) is 19.8 Å². The minimum atomic E-state index is -3.36. The highest BCUT2D eigenvalue weighted by atomic mass is 32.2. The van der Waals surface area contributed by atoms with E-state index in [4.69, 9.17) is 0 Å². The molecule has 1 amide bonds. The summed E-state index contributed by atoms with van der Waals surface area (Å²) in [4.78, 5) is 12.5. The Hall–Kier alpha value is -0.840. The third kappa shape index (κ3) is 3.18. The van der Waals surface area contributed by atoms with Gasteiger partial charge in [-0.3, -0.25) is 4.79 Å². The van der Waals surface area contributed by atoms with Gasteiger partial charge >= 0.3 is 0 Å². The number of hydrogen-bond donors (Lipinski definition) is 0. The number of amides is 1. The summed E-state index contributed by atoms with van der Waals surface area (Å²) in [6, 6.07) is 0. The van der Waals surface area contributed by atoms with Gasteiger partial charge in [0.15, 0.2) is 9.84 Å². The Labute approximate surface area is 79.2 Å². The molecule has 76 valence electrons. The summed E-state index contributed by atoms with van der Waals surface area (Å²) in [6.45, 7) is 4.72. The summed E-state index contributed by atoms with van der Waals surface area (Å²) in [5.74, 6) is -0.560. The Morgan fingerprint density at radius 2 is 2.00 bits per heavy atom. The van der Waals surface area contributed by atoms with Gasteiger partial charge in [-0.15, -0.1) is 6.58 Å². The Morgan fingerprint density at radius 1 is 1.54 bits per heavy atom. The second-order valence-corrected chi connectivity index (χ2v) is 5.36. The molecule has 1 atom stereocenters. The molecule has 13 heavy (non-hydrogen) atoms. The molecule has 5 heteroatoms. The lowest BCUT2D eigenvalue weighted by molar-refractivity contribution is -0.127.